The number of rotatable bonds is 7. The Morgan fingerprint density at radius 2 is 1.97 bits per heavy atom. The van der Waals surface area contributed by atoms with Crippen LogP contribution in [0.2, 0.25) is 0 Å². The van der Waals surface area contributed by atoms with Crippen molar-refractivity contribution >= 4 is 11.7 Å². The van der Waals surface area contributed by atoms with E-state index in [0.717, 1.165) is 53.2 Å². The van der Waals surface area contributed by atoms with Crippen molar-refractivity contribution in [3.05, 3.63) is 70.8 Å². The predicted octanol–water partition coefficient (Wildman–Crippen LogP) is 4.50. The number of fused-ring (bicyclic) bond motifs is 1. The maximum Gasteiger partial charge on any atom is 0.407 e. The van der Waals surface area contributed by atoms with Crippen LogP contribution in [0.3, 0.4) is 0 Å². The van der Waals surface area contributed by atoms with Crippen molar-refractivity contribution in [3.8, 4) is 17.2 Å². The first-order valence-corrected chi connectivity index (χ1v) is 11.8. The molecule has 1 fully saturated rings. The number of halogens is 1. The molecule has 0 saturated carbocycles. The van der Waals surface area contributed by atoms with E-state index in [4.69, 9.17) is 9.47 Å². The fraction of sp³-hybridized carbons (Fsp3) is 0.370. The molecule has 1 unspecified atom stereocenters. The lowest BCUT2D eigenvalue weighted by Crippen LogP contribution is -2.49. The number of phenolic OH excluding ortho intramolecular Hbond substituents is 1. The molecule has 2 aromatic carbocycles. The first-order valence-electron chi connectivity index (χ1n) is 11.8. The van der Waals surface area contributed by atoms with E-state index >= 15 is 0 Å². The quantitative estimate of drug-likeness (QED) is 0.607. The summed E-state index contributed by atoms with van der Waals surface area (Å²) < 4.78 is 24.9. The number of nitrogens with zero attached hydrogens (tertiary/aromatic N) is 2. The molecule has 0 bridgehead atoms. The zero-order valence-corrected chi connectivity index (χ0v) is 19.6. The van der Waals surface area contributed by atoms with Crippen LogP contribution in [-0.4, -0.2) is 72.1 Å². The molecule has 1 atom stereocenters. The summed E-state index contributed by atoms with van der Waals surface area (Å²) in [5, 5.41) is 19.5. The van der Waals surface area contributed by atoms with Gasteiger partial charge in [-0.05, 0) is 54.0 Å². The third kappa shape index (κ3) is 4.71. The summed E-state index contributed by atoms with van der Waals surface area (Å²) >= 11 is 0. The smallest absolute Gasteiger partial charge is 0.407 e. The average molecular weight is 481 g/mol. The molecular formula is C27H29FN2O5. The van der Waals surface area contributed by atoms with Crippen LogP contribution < -0.4 is 9.47 Å². The van der Waals surface area contributed by atoms with Crippen molar-refractivity contribution < 1.29 is 28.9 Å². The van der Waals surface area contributed by atoms with Crippen LogP contribution in [0.5, 0.6) is 17.2 Å². The number of hydrogen-bond donors (Lipinski definition) is 2. The lowest BCUT2D eigenvalue weighted by atomic mass is 9.86. The van der Waals surface area contributed by atoms with E-state index < -0.39 is 12.2 Å². The minimum Gasteiger partial charge on any atom is -0.508 e. The number of alkyl halides is 1. The third-order valence-electron chi connectivity index (χ3n) is 6.92. The summed E-state index contributed by atoms with van der Waals surface area (Å²) in [7, 11) is 0. The van der Waals surface area contributed by atoms with E-state index in [1.54, 1.807) is 18.2 Å². The number of carbonyl (C=O) groups is 1. The van der Waals surface area contributed by atoms with Crippen molar-refractivity contribution in [2.24, 2.45) is 5.92 Å². The van der Waals surface area contributed by atoms with E-state index in [-0.39, 0.29) is 24.9 Å². The molecule has 0 aromatic heterocycles. The Labute approximate surface area is 203 Å². The number of allylic oxidation sites excluding steroid dienone is 1. The number of phenols is 1. The monoisotopic (exact) mass is 480 g/mol. The van der Waals surface area contributed by atoms with E-state index in [2.05, 4.69) is 4.90 Å². The molecule has 7 nitrogen and oxygen atoms in total. The van der Waals surface area contributed by atoms with Crippen molar-refractivity contribution in [1.82, 2.24) is 9.80 Å². The molecule has 2 N–H and O–H groups in total. The Morgan fingerprint density at radius 3 is 2.66 bits per heavy atom. The highest BCUT2D eigenvalue weighted by Gasteiger charge is 2.33. The first kappa shape index (κ1) is 23.2. The van der Waals surface area contributed by atoms with E-state index in [1.807, 2.05) is 37.3 Å². The fourth-order valence-corrected chi connectivity index (χ4v) is 4.97. The Balaban J connectivity index is 1.35. The Kier molecular flexibility index (Phi) is 6.38. The first-order chi connectivity index (χ1) is 16.9. The van der Waals surface area contributed by atoms with Gasteiger partial charge in [-0.25, -0.2) is 4.79 Å². The number of ether oxygens (including phenoxy) is 2. The molecule has 184 valence electrons. The molecule has 5 rings (SSSR count). The zero-order valence-electron chi connectivity index (χ0n) is 19.6. The molecule has 3 aliphatic heterocycles. The maximum atomic E-state index is 12.6. The van der Waals surface area contributed by atoms with Gasteiger partial charge < -0.3 is 24.6 Å². The molecule has 1 saturated heterocycles. The summed E-state index contributed by atoms with van der Waals surface area (Å²) in [6, 6.07) is 12.8. The molecule has 0 spiro atoms. The van der Waals surface area contributed by atoms with Gasteiger partial charge in [0, 0.05) is 49.8 Å². The molecule has 35 heavy (non-hydrogen) atoms. The molecular weight excluding hydrogens is 451 g/mol. The number of likely N-dealkylation sites (tertiary alicyclic amines) is 1. The second-order valence-corrected chi connectivity index (χ2v) is 9.31. The molecule has 8 heteroatoms. The van der Waals surface area contributed by atoms with Gasteiger partial charge in [-0.3, -0.25) is 9.29 Å². The van der Waals surface area contributed by atoms with Gasteiger partial charge in [-0.2, -0.15) is 0 Å². The minimum atomic E-state index is -0.958. The fourth-order valence-electron chi connectivity index (χ4n) is 4.97. The SMILES string of the molecule is CC1=C(C2=CCN(C(=O)O)C2)C(c2ccc(OCCN3CC(CF)C3)cc2)Oc2ccc(O)cc21. The van der Waals surface area contributed by atoms with Gasteiger partial charge >= 0.3 is 6.09 Å². The van der Waals surface area contributed by atoms with Crippen LogP contribution >= 0.6 is 0 Å². The summed E-state index contributed by atoms with van der Waals surface area (Å²) in [4.78, 5) is 15.0. The third-order valence-corrected chi connectivity index (χ3v) is 6.92. The Hall–Kier alpha value is -3.52. The Bertz CT molecular complexity index is 1170. The van der Waals surface area contributed by atoms with Crippen LogP contribution in [0.4, 0.5) is 9.18 Å². The highest BCUT2D eigenvalue weighted by molar-refractivity contribution is 5.80. The van der Waals surface area contributed by atoms with Gasteiger partial charge in [-0.1, -0.05) is 18.2 Å². The zero-order chi connectivity index (χ0) is 24.5. The van der Waals surface area contributed by atoms with Gasteiger partial charge in [0.15, 0.2) is 0 Å². The highest BCUT2D eigenvalue weighted by Crippen LogP contribution is 2.46. The maximum absolute atomic E-state index is 12.6. The molecule has 0 radical (unpaired) electrons. The van der Waals surface area contributed by atoms with Crippen LogP contribution in [-0.2, 0) is 0 Å². The average Bonchev–Trinajstić information content (AvgIpc) is 3.31. The van der Waals surface area contributed by atoms with Crippen molar-refractivity contribution in [1.29, 1.82) is 0 Å². The summed E-state index contributed by atoms with van der Waals surface area (Å²) in [5.74, 6) is 1.74. The summed E-state index contributed by atoms with van der Waals surface area (Å²) in [5.41, 5.74) is 4.50. The normalized spacial score (nSPS) is 20.2. The van der Waals surface area contributed by atoms with Crippen LogP contribution in [0, 0.1) is 5.92 Å². The van der Waals surface area contributed by atoms with Crippen LogP contribution in [0.1, 0.15) is 24.2 Å². The van der Waals surface area contributed by atoms with Crippen molar-refractivity contribution in [2.75, 3.05) is 46.0 Å². The van der Waals surface area contributed by atoms with Crippen molar-refractivity contribution in [3.63, 3.8) is 0 Å². The number of amides is 1. The lowest BCUT2D eigenvalue weighted by molar-refractivity contribution is 0.0668. The van der Waals surface area contributed by atoms with Crippen LogP contribution in [0.25, 0.3) is 5.57 Å². The minimum absolute atomic E-state index is 0.150. The van der Waals surface area contributed by atoms with Crippen LogP contribution in [0.15, 0.2) is 59.7 Å². The lowest BCUT2D eigenvalue weighted by Gasteiger charge is -2.37. The number of hydrogen-bond acceptors (Lipinski definition) is 5. The van der Waals surface area contributed by atoms with Gasteiger partial charge in [0.2, 0.25) is 0 Å². The summed E-state index contributed by atoms with van der Waals surface area (Å²) in [6.07, 6.45) is 0.554. The highest BCUT2D eigenvalue weighted by atomic mass is 19.1. The standard InChI is InChI=1S/C27H29FN2O5/c1-17-23-12-21(31)4-7-24(23)35-26(25(17)20-8-9-30(16-20)27(32)33)19-2-5-22(6-3-19)34-11-10-29-14-18(13-28)15-29/h2-8,12,18,26,31H,9-11,13-16H2,1H3,(H,32,33). The molecule has 3 aliphatic rings. The van der Waals surface area contributed by atoms with E-state index in [0.29, 0.717) is 18.9 Å². The topological polar surface area (TPSA) is 82.5 Å². The number of aromatic hydroxyl groups is 1. The second kappa shape index (κ2) is 9.62. The van der Waals surface area contributed by atoms with E-state index in [9.17, 15) is 19.4 Å². The predicted molar refractivity (Wildman–Crippen MR) is 130 cm³/mol. The molecule has 1 amide bonds. The van der Waals surface area contributed by atoms with E-state index in [1.165, 1.54) is 4.90 Å². The molecule has 0 aliphatic carbocycles. The number of benzene rings is 2. The van der Waals surface area contributed by atoms with Gasteiger partial charge in [0.05, 0.1) is 6.67 Å². The second-order valence-electron chi connectivity index (χ2n) is 9.31. The summed E-state index contributed by atoms with van der Waals surface area (Å²) in [6.45, 7) is 5.24. The van der Waals surface area contributed by atoms with Gasteiger partial charge in [-0.15, -0.1) is 0 Å². The van der Waals surface area contributed by atoms with Gasteiger partial charge in [0.1, 0.15) is 30.0 Å². The molecule has 3 heterocycles. The largest absolute Gasteiger partial charge is 0.508 e. The molecule has 2 aromatic rings. The number of carboxylic acid groups (broad SMARTS) is 1. The van der Waals surface area contributed by atoms with Gasteiger partial charge in [0.25, 0.3) is 0 Å². The Morgan fingerprint density at radius 1 is 1.20 bits per heavy atom. The van der Waals surface area contributed by atoms with Crippen molar-refractivity contribution in [2.45, 2.75) is 13.0 Å².